The van der Waals surface area contributed by atoms with Crippen molar-refractivity contribution in [2.45, 2.75) is 51.3 Å². The molecule has 2 heterocycles. The van der Waals surface area contributed by atoms with Gasteiger partial charge in [0, 0.05) is 61.1 Å². The van der Waals surface area contributed by atoms with Gasteiger partial charge in [-0.3, -0.25) is 4.79 Å². The first-order valence-corrected chi connectivity index (χ1v) is 12.5. The van der Waals surface area contributed by atoms with Gasteiger partial charge >= 0.3 is 12.1 Å². The molecule has 2 aromatic carbocycles. The quantitative estimate of drug-likeness (QED) is 0.327. The van der Waals surface area contributed by atoms with E-state index in [2.05, 4.69) is 10.6 Å². The standard InChI is InChI=1S/C29H34N4O5/c1-29(2,3)38-28(37)31-22(14-18-16-32(4)24-12-8-6-10-20(18)24)26(34)30-23(27(35)36)15-19-17-33(5)25-13-9-7-11-21(19)25/h6-13,16-17,22-23H,14-15H2,1-5H3,(H,30,34)(H,31,37)(H,35,36)/t22-,23?/m1/s1. The van der Waals surface area contributed by atoms with Gasteiger partial charge in [0.1, 0.15) is 17.7 Å². The van der Waals surface area contributed by atoms with Gasteiger partial charge in [-0.15, -0.1) is 0 Å². The lowest BCUT2D eigenvalue weighted by molar-refractivity contribution is -0.142. The summed E-state index contributed by atoms with van der Waals surface area (Å²) in [6.45, 7) is 5.20. The number of hydrogen-bond donors (Lipinski definition) is 3. The Morgan fingerprint density at radius 2 is 1.29 bits per heavy atom. The highest BCUT2D eigenvalue weighted by atomic mass is 16.6. The Labute approximate surface area is 221 Å². The third-order valence-corrected chi connectivity index (χ3v) is 6.43. The second-order valence-electron chi connectivity index (χ2n) is 10.6. The van der Waals surface area contributed by atoms with Gasteiger partial charge in [-0.2, -0.15) is 0 Å². The second-order valence-corrected chi connectivity index (χ2v) is 10.6. The number of aromatic nitrogens is 2. The predicted octanol–water partition coefficient (Wildman–Crippen LogP) is 3.92. The van der Waals surface area contributed by atoms with E-state index in [1.165, 1.54) is 0 Å². The number of carbonyl (C=O) groups is 3. The molecule has 2 aromatic heterocycles. The molecule has 9 heteroatoms. The number of amides is 2. The molecule has 9 nitrogen and oxygen atoms in total. The number of ether oxygens (including phenoxy) is 1. The number of aryl methyl sites for hydroxylation is 2. The molecule has 0 fully saturated rings. The molecule has 2 atom stereocenters. The molecule has 1 unspecified atom stereocenters. The van der Waals surface area contributed by atoms with Crippen molar-refractivity contribution in [2.24, 2.45) is 14.1 Å². The zero-order chi connectivity index (χ0) is 27.6. The van der Waals surface area contributed by atoms with E-state index in [0.29, 0.717) is 0 Å². The highest BCUT2D eigenvalue weighted by Crippen LogP contribution is 2.23. The minimum Gasteiger partial charge on any atom is -0.480 e. The van der Waals surface area contributed by atoms with Crippen molar-refractivity contribution in [3.63, 3.8) is 0 Å². The number of alkyl carbamates (subject to hydrolysis) is 1. The summed E-state index contributed by atoms with van der Waals surface area (Å²) in [5.74, 6) is -1.76. The Morgan fingerprint density at radius 1 is 0.816 bits per heavy atom. The van der Waals surface area contributed by atoms with Crippen LogP contribution in [-0.4, -0.2) is 49.9 Å². The van der Waals surface area contributed by atoms with Crippen LogP contribution in [0, 0.1) is 0 Å². The molecule has 3 N–H and O–H groups in total. The molecule has 2 amide bonds. The largest absolute Gasteiger partial charge is 0.480 e. The van der Waals surface area contributed by atoms with E-state index in [1.807, 2.05) is 84.2 Å². The number of nitrogens with zero attached hydrogens (tertiary/aromatic N) is 2. The van der Waals surface area contributed by atoms with Crippen LogP contribution in [-0.2, 0) is 41.3 Å². The van der Waals surface area contributed by atoms with E-state index < -0.39 is 35.7 Å². The summed E-state index contributed by atoms with van der Waals surface area (Å²) < 4.78 is 9.27. The second kappa shape index (κ2) is 10.6. The fourth-order valence-electron chi connectivity index (χ4n) is 4.75. The number of para-hydroxylation sites is 2. The number of carbonyl (C=O) groups excluding carboxylic acids is 2. The summed E-state index contributed by atoms with van der Waals surface area (Å²) in [6.07, 6.45) is 3.29. The van der Waals surface area contributed by atoms with E-state index >= 15 is 0 Å². The maximum absolute atomic E-state index is 13.5. The summed E-state index contributed by atoms with van der Waals surface area (Å²) in [4.78, 5) is 38.4. The van der Waals surface area contributed by atoms with Crippen LogP contribution in [0.3, 0.4) is 0 Å². The number of rotatable bonds is 8. The Morgan fingerprint density at radius 3 is 1.76 bits per heavy atom. The van der Waals surface area contributed by atoms with Crippen molar-refractivity contribution in [2.75, 3.05) is 0 Å². The summed E-state index contributed by atoms with van der Waals surface area (Å²) in [5, 5.41) is 17.2. The smallest absolute Gasteiger partial charge is 0.408 e. The molecule has 0 aliphatic carbocycles. The minimum absolute atomic E-state index is 0.0931. The highest BCUT2D eigenvalue weighted by molar-refractivity contribution is 5.92. The van der Waals surface area contributed by atoms with Gasteiger partial charge in [-0.1, -0.05) is 36.4 Å². The van der Waals surface area contributed by atoms with Gasteiger partial charge in [-0.25, -0.2) is 9.59 Å². The number of hydrogen-bond acceptors (Lipinski definition) is 4. The third-order valence-electron chi connectivity index (χ3n) is 6.43. The molecule has 4 aromatic rings. The summed E-state index contributed by atoms with van der Waals surface area (Å²) in [5.41, 5.74) is 2.85. The maximum atomic E-state index is 13.5. The molecule has 38 heavy (non-hydrogen) atoms. The van der Waals surface area contributed by atoms with Gasteiger partial charge in [0.15, 0.2) is 0 Å². The fraction of sp³-hybridized carbons (Fsp3) is 0.345. The Hall–Kier alpha value is -4.27. The molecule has 4 rings (SSSR count). The van der Waals surface area contributed by atoms with Crippen molar-refractivity contribution < 1.29 is 24.2 Å². The van der Waals surface area contributed by atoms with Crippen molar-refractivity contribution in [3.8, 4) is 0 Å². The van der Waals surface area contributed by atoms with E-state index in [1.54, 1.807) is 20.8 Å². The Balaban J connectivity index is 1.60. The first-order valence-electron chi connectivity index (χ1n) is 12.5. The molecule has 200 valence electrons. The number of nitrogens with one attached hydrogen (secondary N) is 2. The van der Waals surface area contributed by atoms with Crippen LogP contribution in [0.5, 0.6) is 0 Å². The van der Waals surface area contributed by atoms with Gasteiger partial charge < -0.3 is 29.6 Å². The molecule has 0 aliphatic rings. The SMILES string of the molecule is Cn1cc(CC(NC(=O)[C@@H](Cc2cn(C)c3ccccc23)NC(=O)OC(C)(C)C)C(=O)O)c2ccccc21. The van der Waals surface area contributed by atoms with Crippen LogP contribution in [0.4, 0.5) is 4.79 Å². The molecule has 0 saturated heterocycles. The average Bonchev–Trinajstić information content (AvgIpc) is 3.33. The number of aliphatic carboxylic acids is 1. The first-order chi connectivity index (χ1) is 17.9. The van der Waals surface area contributed by atoms with Crippen LogP contribution in [0.15, 0.2) is 60.9 Å². The predicted molar refractivity (Wildman–Crippen MR) is 146 cm³/mol. The summed E-state index contributed by atoms with van der Waals surface area (Å²) in [7, 11) is 3.80. The van der Waals surface area contributed by atoms with Crippen molar-refractivity contribution in [3.05, 3.63) is 72.1 Å². The third kappa shape index (κ3) is 5.99. The van der Waals surface area contributed by atoms with Gasteiger partial charge in [-0.05, 0) is 44.0 Å². The van der Waals surface area contributed by atoms with Gasteiger partial charge in [0.25, 0.3) is 0 Å². The maximum Gasteiger partial charge on any atom is 0.408 e. The van der Waals surface area contributed by atoms with Crippen molar-refractivity contribution in [1.29, 1.82) is 0 Å². The lowest BCUT2D eigenvalue weighted by Gasteiger charge is -2.24. The van der Waals surface area contributed by atoms with Gasteiger partial charge in [0.2, 0.25) is 5.91 Å². The first kappa shape index (κ1) is 26.8. The fourth-order valence-corrected chi connectivity index (χ4v) is 4.75. The molecule has 0 aliphatic heterocycles. The topological polar surface area (TPSA) is 115 Å². The zero-order valence-corrected chi connectivity index (χ0v) is 22.3. The van der Waals surface area contributed by atoms with Crippen LogP contribution < -0.4 is 10.6 Å². The van der Waals surface area contributed by atoms with E-state index in [0.717, 1.165) is 32.9 Å². The summed E-state index contributed by atoms with van der Waals surface area (Å²) >= 11 is 0. The molecular weight excluding hydrogens is 484 g/mol. The molecule has 0 saturated carbocycles. The normalized spacial score (nSPS) is 13.3. The number of benzene rings is 2. The number of carboxylic acids is 1. The Kier molecular flexibility index (Phi) is 7.48. The minimum atomic E-state index is -1.19. The number of carboxylic acid groups (broad SMARTS) is 1. The molecule has 0 spiro atoms. The Bertz CT molecular complexity index is 1490. The van der Waals surface area contributed by atoms with E-state index in [9.17, 15) is 19.5 Å². The zero-order valence-electron chi connectivity index (χ0n) is 22.3. The average molecular weight is 519 g/mol. The molecule has 0 radical (unpaired) electrons. The highest BCUT2D eigenvalue weighted by Gasteiger charge is 2.30. The van der Waals surface area contributed by atoms with Crippen LogP contribution in [0.1, 0.15) is 31.9 Å². The van der Waals surface area contributed by atoms with Crippen molar-refractivity contribution in [1.82, 2.24) is 19.8 Å². The van der Waals surface area contributed by atoms with Crippen LogP contribution in [0.25, 0.3) is 21.8 Å². The molecule has 0 bridgehead atoms. The summed E-state index contributed by atoms with van der Waals surface area (Å²) in [6, 6.07) is 13.2. The monoisotopic (exact) mass is 518 g/mol. The van der Waals surface area contributed by atoms with Crippen molar-refractivity contribution >= 4 is 39.8 Å². The van der Waals surface area contributed by atoms with Crippen LogP contribution in [0.2, 0.25) is 0 Å². The number of fused-ring (bicyclic) bond motifs is 2. The van der Waals surface area contributed by atoms with Crippen LogP contribution >= 0.6 is 0 Å². The lowest BCUT2D eigenvalue weighted by Crippen LogP contribution is -2.53. The van der Waals surface area contributed by atoms with Gasteiger partial charge in [0.05, 0.1) is 0 Å². The van der Waals surface area contributed by atoms with E-state index in [4.69, 9.17) is 4.74 Å². The molecular formula is C29H34N4O5. The lowest BCUT2D eigenvalue weighted by atomic mass is 10.0. The van der Waals surface area contributed by atoms with E-state index in [-0.39, 0.29) is 12.8 Å².